The maximum Gasteiger partial charge on any atom is 0.414 e. The Morgan fingerprint density at radius 3 is 2.50 bits per heavy atom. The van der Waals surface area contributed by atoms with Gasteiger partial charge in [0.05, 0.1) is 25.0 Å². The lowest BCUT2D eigenvalue weighted by atomic mass is 10.2. The van der Waals surface area contributed by atoms with Gasteiger partial charge >= 0.3 is 17.6 Å². The lowest BCUT2D eigenvalue weighted by molar-refractivity contribution is 0.0588. The van der Waals surface area contributed by atoms with E-state index >= 15 is 0 Å². The van der Waals surface area contributed by atoms with Crippen LogP contribution in [0.2, 0.25) is 0 Å². The Hall–Kier alpha value is -4.12. The molecule has 0 spiro atoms. The third kappa shape index (κ3) is 4.44. The van der Waals surface area contributed by atoms with E-state index in [9.17, 15) is 14.4 Å². The number of cyclic esters (lactones) is 1. The minimum absolute atomic E-state index is 0.0667. The summed E-state index contributed by atoms with van der Waals surface area (Å²) in [6.07, 6.45) is 1.14. The molecule has 11 heteroatoms. The van der Waals surface area contributed by atoms with Crippen molar-refractivity contribution in [2.75, 3.05) is 63.3 Å². The second-order valence-corrected chi connectivity index (χ2v) is 8.69. The molecular formula is C25H27N5O6. The van der Waals surface area contributed by atoms with Crippen LogP contribution in [-0.4, -0.2) is 79.8 Å². The molecule has 188 valence electrons. The van der Waals surface area contributed by atoms with Gasteiger partial charge in [0.25, 0.3) is 0 Å². The fourth-order valence-electron chi connectivity index (χ4n) is 4.34. The zero-order chi connectivity index (χ0) is 25.2. The average molecular weight is 494 g/mol. The Balaban J connectivity index is 1.67. The second kappa shape index (κ2) is 9.86. The van der Waals surface area contributed by atoms with Gasteiger partial charge in [-0.05, 0) is 18.7 Å². The highest BCUT2D eigenvalue weighted by molar-refractivity contribution is 5.96. The third-order valence-electron chi connectivity index (χ3n) is 6.37. The van der Waals surface area contributed by atoms with E-state index in [4.69, 9.17) is 14.2 Å². The predicted octanol–water partition coefficient (Wildman–Crippen LogP) is 1.77. The van der Waals surface area contributed by atoms with Gasteiger partial charge in [0.15, 0.2) is 11.3 Å². The monoisotopic (exact) mass is 493 g/mol. The van der Waals surface area contributed by atoms with E-state index in [-0.39, 0.29) is 30.3 Å². The first-order chi connectivity index (χ1) is 17.5. The van der Waals surface area contributed by atoms with E-state index in [0.717, 1.165) is 37.4 Å². The normalized spacial score (nSPS) is 16.3. The summed E-state index contributed by atoms with van der Waals surface area (Å²) in [4.78, 5) is 49.2. The maximum absolute atomic E-state index is 13.8. The number of pyridine rings is 1. The Morgan fingerprint density at radius 2 is 1.83 bits per heavy atom. The van der Waals surface area contributed by atoms with Crippen LogP contribution in [0, 0.1) is 0 Å². The van der Waals surface area contributed by atoms with Crippen molar-refractivity contribution in [3.63, 3.8) is 0 Å². The summed E-state index contributed by atoms with van der Waals surface area (Å²) in [5, 5.41) is 0. The predicted molar refractivity (Wildman–Crippen MR) is 132 cm³/mol. The zero-order valence-electron chi connectivity index (χ0n) is 20.2. The van der Waals surface area contributed by atoms with Crippen LogP contribution in [0.3, 0.4) is 0 Å². The van der Waals surface area contributed by atoms with E-state index in [1.807, 2.05) is 36.4 Å². The lowest BCUT2D eigenvalue weighted by Crippen LogP contribution is -2.44. The standard InChI is InChI=1S/C25H27N5O6/c1-27-8-10-28(11-9-27)18-14-19(29-12-13-35-25(29)33)22-26-20(24(32)34-2)21(23(31)30(22)15-18)36-16-17-6-4-3-5-7-17/h3-7,14-15H,8-13,16H2,1-2H3. The van der Waals surface area contributed by atoms with Crippen molar-refractivity contribution in [3.05, 3.63) is 64.2 Å². The number of hydrogen-bond acceptors (Lipinski definition) is 9. The molecule has 0 saturated carbocycles. The van der Waals surface area contributed by atoms with Gasteiger partial charge in [-0.15, -0.1) is 0 Å². The van der Waals surface area contributed by atoms with Crippen LogP contribution < -0.4 is 20.1 Å². The fraction of sp³-hybridized carbons (Fsp3) is 0.360. The molecule has 0 unspecified atom stereocenters. The van der Waals surface area contributed by atoms with Gasteiger partial charge in [0.2, 0.25) is 5.75 Å². The summed E-state index contributed by atoms with van der Waals surface area (Å²) in [5.41, 5.74) is 1.29. The molecule has 2 aliphatic heterocycles. The van der Waals surface area contributed by atoms with Crippen molar-refractivity contribution in [1.82, 2.24) is 14.3 Å². The molecule has 2 aliphatic rings. The minimum Gasteiger partial charge on any atom is -0.481 e. The summed E-state index contributed by atoms with van der Waals surface area (Å²) in [6, 6.07) is 11.1. The van der Waals surface area contributed by atoms with Gasteiger partial charge < -0.3 is 24.0 Å². The van der Waals surface area contributed by atoms with Crippen LogP contribution in [0.1, 0.15) is 16.1 Å². The van der Waals surface area contributed by atoms with Gasteiger partial charge in [-0.1, -0.05) is 30.3 Å². The molecule has 5 rings (SSSR count). The van der Waals surface area contributed by atoms with E-state index in [1.165, 1.54) is 16.4 Å². The number of fused-ring (bicyclic) bond motifs is 1. The SMILES string of the molecule is COC(=O)c1nc2c(N3CCOC3=O)cc(N3CCN(C)CC3)cn2c(=O)c1OCc1ccccc1. The number of carbonyl (C=O) groups is 2. The van der Waals surface area contributed by atoms with E-state index in [2.05, 4.69) is 21.8 Å². The molecular weight excluding hydrogens is 466 g/mol. The van der Waals surface area contributed by atoms with Gasteiger partial charge in [0, 0.05) is 32.4 Å². The number of anilines is 2. The van der Waals surface area contributed by atoms with Crippen molar-refractivity contribution in [2.24, 2.45) is 0 Å². The highest BCUT2D eigenvalue weighted by Crippen LogP contribution is 2.30. The number of piperazine rings is 1. The quantitative estimate of drug-likeness (QED) is 0.475. The molecule has 0 atom stereocenters. The fourth-order valence-corrected chi connectivity index (χ4v) is 4.34. The van der Waals surface area contributed by atoms with Gasteiger partial charge in [-0.25, -0.2) is 14.6 Å². The Kier molecular flexibility index (Phi) is 6.47. The van der Waals surface area contributed by atoms with E-state index < -0.39 is 17.6 Å². The minimum atomic E-state index is -0.809. The molecule has 2 saturated heterocycles. The molecule has 0 bridgehead atoms. The molecule has 2 fully saturated rings. The van der Waals surface area contributed by atoms with Crippen molar-refractivity contribution >= 4 is 29.1 Å². The van der Waals surface area contributed by atoms with Crippen LogP contribution in [-0.2, 0) is 16.1 Å². The summed E-state index contributed by atoms with van der Waals surface area (Å²) in [5.74, 6) is -1.02. The number of benzene rings is 1. The van der Waals surface area contributed by atoms with Crippen LogP contribution in [0.5, 0.6) is 5.75 Å². The second-order valence-electron chi connectivity index (χ2n) is 8.69. The van der Waals surface area contributed by atoms with Crippen molar-refractivity contribution < 1.29 is 23.8 Å². The maximum atomic E-state index is 13.8. The van der Waals surface area contributed by atoms with Crippen LogP contribution in [0.25, 0.3) is 5.65 Å². The molecule has 3 aromatic rings. The lowest BCUT2D eigenvalue weighted by Gasteiger charge is -2.34. The zero-order valence-corrected chi connectivity index (χ0v) is 20.2. The van der Waals surface area contributed by atoms with Crippen LogP contribution in [0.15, 0.2) is 47.4 Å². The summed E-state index contributed by atoms with van der Waals surface area (Å²) in [7, 11) is 3.27. The molecule has 1 aromatic carbocycles. The van der Waals surface area contributed by atoms with Gasteiger partial charge in [0.1, 0.15) is 13.2 Å². The summed E-state index contributed by atoms with van der Waals surface area (Å²) >= 11 is 0. The molecule has 0 aliphatic carbocycles. The number of hydrogen-bond donors (Lipinski definition) is 0. The first-order valence-electron chi connectivity index (χ1n) is 11.7. The molecule has 11 nitrogen and oxygen atoms in total. The highest BCUT2D eigenvalue weighted by atomic mass is 16.6. The Morgan fingerprint density at radius 1 is 1.08 bits per heavy atom. The topological polar surface area (TPSA) is 106 Å². The molecule has 1 amide bonds. The van der Waals surface area contributed by atoms with Crippen molar-refractivity contribution in [2.45, 2.75) is 6.61 Å². The van der Waals surface area contributed by atoms with E-state index in [1.54, 1.807) is 6.20 Å². The number of amides is 1. The Labute approximate surface area is 207 Å². The van der Waals surface area contributed by atoms with E-state index in [0.29, 0.717) is 12.2 Å². The Bertz CT molecular complexity index is 1350. The van der Waals surface area contributed by atoms with Crippen molar-refractivity contribution in [3.8, 4) is 5.75 Å². The number of ether oxygens (including phenoxy) is 3. The molecule has 0 radical (unpaired) electrons. The number of esters is 1. The first-order valence-corrected chi connectivity index (χ1v) is 11.7. The van der Waals surface area contributed by atoms with Gasteiger partial charge in [-0.2, -0.15) is 0 Å². The number of carbonyl (C=O) groups excluding carboxylic acids is 2. The smallest absolute Gasteiger partial charge is 0.414 e. The summed E-state index contributed by atoms with van der Waals surface area (Å²) < 4.78 is 17.2. The average Bonchev–Trinajstić information content (AvgIpc) is 3.33. The third-order valence-corrected chi connectivity index (χ3v) is 6.37. The molecule has 2 aromatic heterocycles. The number of rotatable bonds is 6. The number of methoxy groups -OCH3 is 1. The van der Waals surface area contributed by atoms with Crippen LogP contribution in [0.4, 0.5) is 16.2 Å². The molecule has 0 N–H and O–H groups in total. The summed E-state index contributed by atoms with van der Waals surface area (Å²) in [6.45, 7) is 3.82. The van der Waals surface area contributed by atoms with Gasteiger partial charge in [-0.3, -0.25) is 14.1 Å². The number of aromatic nitrogens is 2. The van der Waals surface area contributed by atoms with Crippen LogP contribution >= 0.6 is 0 Å². The number of nitrogens with zero attached hydrogens (tertiary/aromatic N) is 5. The molecule has 36 heavy (non-hydrogen) atoms. The first kappa shape index (κ1) is 23.6. The van der Waals surface area contributed by atoms with Crippen molar-refractivity contribution in [1.29, 1.82) is 0 Å². The highest BCUT2D eigenvalue weighted by Gasteiger charge is 2.30. The largest absolute Gasteiger partial charge is 0.481 e. The molecule has 4 heterocycles. The number of likely N-dealkylation sites (N-methyl/N-ethyl adjacent to an activating group) is 1.